The Hall–Kier alpha value is -5.51. The van der Waals surface area contributed by atoms with Gasteiger partial charge in [0.05, 0.1) is 34.7 Å². The average Bonchev–Trinajstić information content (AvgIpc) is 3.83. The summed E-state index contributed by atoms with van der Waals surface area (Å²) in [5.74, 6) is -0.221. The third kappa shape index (κ3) is 8.15. The van der Waals surface area contributed by atoms with E-state index in [1.807, 2.05) is 12.1 Å². The van der Waals surface area contributed by atoms with Crippen LogP contribution >= 0.6 is 11.8 Å². The van der Waals surface area contributed by atoms with Crippen molar-refractivity contribution in [3.8, 4) is 11.5 Å². The van der Waals surface area contributed by atoms with Gasteiger partial charge >= 0.3 is 5.97 Å². The highest BCUT2D eigenvalue weighted by atomic mass is 32.2. The fraction of sp³-hybridized carbons (Fsp3) is 0.488. The number of amides is 1. The van der Waals surface area contributed by atoms with Gasteiger partial charge in [0.15, 0.2) is 0 Å². The van der Waals surface area contributed by atoms with Crippen molar-refractivity contribution >= 4 is 35.0 Å². The van der Waals surface area contributed by atoms with Crippen LogP contribution in [0.15, 0.2) is 77.8 Å². The van der Waals surface area contributed by atoms with Gasteiger partial charge in [0.2, 0.25) is 10.8 Å². The van der Waals surface area contributed by atoms with Gasteiger partial charge < -0.3 is 40.3 Å². The Kier molecular flexibility index (Phi) is 11.8. The Balaban J connectivity index is 0.960. The second-order valence-corrected chi connectivity index (χ2v) is 18.7. The lowest BCUT2D eigenvalue weighted by Gasteiger charge is -2.52. The maximum atomic E-state index is 12.8. The van der Waals surface area contributed by atoms with Crippen LogP contribution in [-0.4, -0.2) is 97.6 Å². The summed E-state index contributed by atoms with van der Waals surface area (Å²) < 4.78 is 13.4. The van der Waals surface area contributed by atoms with Crippen LogP contribution < -0.4 is 10.1 Å². The summed E-state index contributed by atoms with van der Waals surface area (Å²) in [4.78, 5) is 44.2. The highest BCUT2D eigenvalue weighted by molar-refractivity contribution is 8.01. The van der Waals surface area contributed by atoms with Crippen LogP contribution in [0.4, 0.5) is 11.4 Å². The van der Waals surface area contributed by atoms with E-state index in [4.69, 9.17) is 9.47 Å². The van der Waals surface area contributed by atoms with E-state index in [1.165, 1.54) is 65.3 Å². The van der Waals surface area contributed by atoms with Crippen LogP contribution in [0, 0.1) is 37.5 Å². The van der Waals surface area contributed by atoms with Crippen LogP contribution in [0.2, 0.25) is 0 Å². The maximum absolute atomic E-state index is 12.8. The summed E-state index contributed by atoms with van der Waals surface area (Å²) in [5.41, 5.74) is 0.639. The predicted octanol–water partition coefficient (Wildman–Crippen LogP) is 4.58. The Bertz CT molecular complexity index is 2400. The number of nitro benzene ring substituents is 2. The van der Waals surface area contributed by atoms with E-state index in [0.29, 0.717) is 47.7 Å². The van der Waals surface area contributed by atoms with Crippen molar-refractivity contribution in [3.63, 3.8) is 0 Å². The van der Waals surface area contributed by atoms with Crippen molar-refractivity contribution in [1.82, 2.24) is 20.3 Å². The topological polar surface area (TPSA) is 283 Å². The number of aliphatic carboxylic acids is 1. The Morgan fingerprint density at radius 2 is 1.67 bits per heavy atom. The van der Waals surface area contributed by atoms with E-state index in [1.54, 1.807) is 12.1 Å². The lowest BCUT2D eigenvalue weighted by atomic mass is 9.53. The number of fused-ring (bicyclic) bond motifs is 5. The normalized spacial score (nSPS) is 30.8. The molecule has 2 saturated carbocycles. The molecular weight excluding hydrogens is 841 g/mol. The van der Waals surface area contributed by atoms with Gasteiger partial charge in [-0.15, -0.1) is 5.10 Å². The molecule has 3 aromatic carbocycles. The van der Waals surface area contributed by atoms with Crippen molar-refractivity contribution in [2.75, 3.05) is 0 Å². The Morgan fingerprint density at radius 1 is 1.00 bits per heavy atom. The molecule has 8 rings (SSSR count). The predicted molar refractivity (Wildman–Crippen MR) is 223 cm³/mol. The Morgan fingerprint density at radius 3 is 2.32 bits per heavy atom. The molecule has 6 N–H and O–H groups in total. The summed E-state index contributed by atoms with van der Waals surface area (Å²) in [5, 5.41) is 90.5. The number of nitrogens with one attached hydrogen (secondary N) is 1. The molecule has 0 spiro atoms. The van der Waals surface area contributed by atoms with Gasteiger partial charge in [-0.3, -0.25) is 25.0 Å². The number of non-ortho nitro benzene ring substituents is 2. The van der Waals surface area contributed by atoms with Crippen molar-refractivity contribution in [2.24, 2.45) is 17.3 Å². The largest absolute Gasteiger partial charge is 0.478 e. The first-order valence-electron chi connectivity index (χ1n) is 20.8. The highest BCUT2D eigenvalue weighted by Crippen LogP contribution is 2.67. The fourth-order valence-corrected chi connectivity index (χ4v) is 11.8. The van der Waals surface area contributed by atoms with E-state index in [0.717, 1.165) is 25.7 Å². The number of nitrogens with zero attached hydrogens (tertiary/aromatic N) is 5. The van der Waals surface area contributed by atoms with Gasteiger partial charge in [0, 0.05) is 47.9 Å². The number of aliphatic hydroxyl groups is 4. The second-order valence-electron chi connectivity index (χ2n) is 17.4. The number of benzene rings is 3. The number of rotatable bonds is 13. The van der Waals surface area contributed by atoms with Gasteiger partial charge in [0.1, 0.15) is 41.1 Å². The first-order valence-corrected chi connectivity index (χ1v) is 21.6. The number of carbonyl (C=O) groups is 2. The highest BCUT2D eigenvalue weighted by Gasteiger charge is 2.63. The van der Waals surface area contributed by atoms with Gasteiger partial charge in [-0.05, 0) is 104 Å². The molecule has 1 amide bonds. The number of nitro groups is 2. The monoisotopic (exact) mass is 888 g/mol. The molecule has 20 heteroatoms. The molecule has 3 aliphatic carbocycles. The van der Waals surface area contributed by atoms with E-state index in [2.05, 4.69) is 28.6 Å². The molecule has 3 fully saturated rings. The van der Waals surface area contributed by atoms with Gasteiger partial charge in [-0.2, -0.15) is 0 Å². The quantitative estimate of drug-likeness (QED) is 0.0791. The van der Waals surface area contributed by atoms with Crippen molar-refractivity contribution in [3.05, 3.63) is 110 Å². The molecule has 63 heavy (non-hydrogen) atoms. The third-order valence-corrected chi connectivity index (χ3v) is 15.1. The number of ether oxygens (including phenoxy) is 2. The molecule has 0 bridgehead atoms. The molecular formula is C43H48N6O13S. The van der Waals surface area contributed by atoms with E-state index in [-0.39, 0.29) is 34.7 Å². The summed E-state index contributed by atoms with van der Waals surface area (Å²) in [7, 11) is 0. The van der Waals surface area contributed by atoms with Gasteiger partial charge in [0.25, 0.3) is 11.4 Å². The third-order valence-electron chi connectivity index (χ3n) is 13.8. The van der Waals surface area contributed by atoms with E-state index < -0.39 is 74.6 Å². The van der Waals surface area contributed by atoms with Crippen molar-refractivity contribution < 1.29 is 54.4 Å². The molecule has 0 radical (unpaired) electrons. The minimum atomic E-state index is -2.23. The number of carbonyl (C=O) groups excluding carboxylic acids is 1. The minimum Gasteiger partial charge on any atom is -0.478 e. The molecule has 1 aromatic heterocycles. The standard InChI is InChI=1S/C43H48N6O13S/c1-23(50)44-37-34(51)20-43(40(54)55,63-29-11-6-26(7-12-29)49(59)60)62-39(37)38(53)35(52)21-47-22-36(45-46-47)42(56)18-16-33-32-13-3-24-19-28(61-27-8-4-25(5-9-27)48(57)58)10-14-30(24)31(32)15-17-41(33,42)2/h4-12,14,19,22,31-35,37-39,51-53,56H,3,13,15-18,20-21H2,1-2H3,(H,44,50)(H,54,55)/t31-,32-,33+,34+,35-,37-,38-,39-,41+,42-,43+/m1/s1. The van der Waals surface area contributed by atoms with Crippen LogP contribution in [0.3, 0.4) is 0 Å². The van der Waals surface area contributed by atoms with Gasteiger partial charge in [-0.25, -0.2) is 9.48 Å². The average molecular weight is 889 g/mol. The maximum Gasteiger partial charge on any atom is 0.347 e. The SMILES string of the molecule is CC(=O)N[C@H]1[C@H]([C@H](O)[C@H](O)Cn2cc([C@]3(O)CC[C@H]4[C@@H]5CCc6cc(Oc7ccc([N+](=O)[O-])cc7)ccc6[C@H]5CC[C@@]43C)nn2)O[C@@](Sc2ccc([N+](=O)[O-])cc2)(C(=O)O)C[C@@H]1O. The van der Waals surface area contributed by atoms with E-state index in [9.17, 15) is 55.4 Å². The molecule has 4 aliphatic rings. The fourth-order valence-electron chi connectivity index (χ4n) is 10.7. The lowest BCUT2D eigenvalue weighted by molar-refractivity contribution is -0.385. The molecule has 0 unspecified atom stereocenters. The van der Waals surface area contributed by atoms with Gasteiger partial charge in [-0.1, -0.05) is 30.0 Å². The number of aryl methyl sites for hydroxylation is 1. The van der Waals surface area contributed by atoms with Crippen LogP contribution in [0.5, 0.6) is 11.5 Å². The number of thioether (sulfide) groups is 1. The first-order chi connectivity index (χ1) is 29.9. The summed E-state index contributed by atoms with van der Waals surface area (Å²) in [6.07, 6.45) is -1.33. The zero-order valence-electron chi connectivity index (χ0n) is 34.4. The van der Waals surface area contributed by atoms with Crippen LogP contribution in [-0.2, 0) is 32.9 Å². The number of carboxylic acids is 1. The first kappa shape index (κ1) is 44.1. The number of carboxylic acid groups (broad SMARTS) is 1. The molecule has 19 nitrogen and oxygen atoms in total. The van der Waals surface area contributed by atoms with Crippen molar-refractivity contribution in [2.45, 2.75) is 117 Å². The smallest absolute Gasteiger partial charge is 0.347 e. The second kappa shape index (κ2) is 16.9. The van der Waals surface area contributed by atoms with Crippen molar-refractivity contribution in [1.29, 1.82) is 0 Å². The van der Waals surface area contributed by atoms with Crippen LogP contribution in [0.25, 0.3) is 0 Å². The zero-order chi connectivity index (χ0) is 45.0. The molecule has 1 saturated heterocycles. The number of hydrogen-bond acceptors (Lipinski definition) is 15. The Labute approximate surface area is 364 Å². The number of hydrogen-bond donors (Lipinski definition) is 6. The zero-order valence-corrected chi connectivity index (χ0v) is 35.2. The molecule has 4 aromatic rings. The summed E-state index contributed by atoms with van der Waals surface area (Å²) >= 11 is 0.647. The molecule has 11 atom stereocenters. The van der Waals surface area contributed by atoms with Crippen LogP contribution in [0.1, 0.15) is 75.1 Å². The molecule has 334 valence electrons. The molecule has 1 aliphatic heterocycles. The molecule has 2 heterocycles. The summed E-state index contributed by atoms with van der Waals surface area (Å²) in [6.45, 7) is 2.90. The van der Waals surface area contributed by atoms with E-state index >= 15 is 0 Å². The minimum absolute atomic E-state index is 0.0140. The lowest BCUT2D eigenvalue weighted by Crippen LogP contribution is -2.66. The summed E-state index contributed by atoms with van der Waals surface area (Å²) in [6, 6.07) is 15.7. The number of aromatic nitrogens is 3. The number of aliphatic hydroxyl groups excluding tert-OH is 3.